The van der Waals surface area contributed by atoms with E-state index >= 15 is 0 Å². The van der Waals surface area contributed by atoms with Crippen LogP contribution in [0.2, 0.25) is 0 Å². The number of ketones is 1. The molecule has 0 fully saturated rings. The summed E-state index contributed by atoms with van der Waals surface area (Å²) in [5.74, 6) is -0.0116. The Labute approximate surface area is 167 Å². The van der Waals surface area contributed by atoms with E-state index in [1.54, 1.807) is 37.5 Å². The van der Waals surface area contributed by atoms with E-state index in [0.29, 0.717) is 17.2 Å². The first kappa shape index (κ1) is 19.9. The third-order valence-corrected chi connectivity index (χ3v) is 4.02. The maximum absolute atomic E-state index is 12.1. The van der Waals surface area contributed by atoms with Crippen LogP contribution in [-0.4, -0.2) is 38.2 Å². The number of ether oxygens (including phenoxy) is 4. The molecule has 0 saturated heterocycles. The molecule has 3 rings (SSSR count). The summed E-state index contributed by atoms with van der Waals surface area (Å²) in [6.07, 6.45) is 2.76. The van der Waals surface area contributed by atoms with Crippen LogP contribution in [0, 0.1) is 0 Å². The summed E-state index contributed by atoms with van der Waals surface area (Å²) >= 11 is 0. The topological polar surface area (TPSA) is 100 Å². The third kappa shape index (κ3) is 5.13. The van der Waals surface area contributed by atoms with E-state index < -0.39 is 18.5 Å². The summed E-state index contributed by atoms with van der Waals surface area (Å²) in [6.45, 7) is 0.908. The van der Waals surface area contributed by atoms with Crippen LogP contribution in [0.25, 0.3) is 6.08 Å². The number of Topliss-reactive ketones (excluding diaryl/α,β-unsaturated/α-hetero) is 1. The number of carbonyl (C=O) groups is 3. The Morgan fingerprint density at radius 2 is 1.90 bits per heavy atom. The van der Waals surface area contributed by atoms with Crippen LogP contribution in [-0.2, 0) is 14.3 Å². The molecule has 1 aliphatic rings. The summed E-state index contributed by atoms with van der Waals surface area (Å²) in [7, 11) is 1.55. The van der Waals surface area contributed by atoms with E-state index in [1.165, 1.54) is 25.1 Å². The van der Waals surface area contributed by atoms with Gasteiger partial charge >= 0.3 is 5.97 Å². The molecule has 1 amide bonds. The molecule has 0 unspecified atom stereocenters. The van der Waals surface area contributed by atoms with Crippen molar-refractivity contribution in [1.82, 2.24) is 0 Å². The van der Waals surface area contributed by atoms with Gasteiger partial charge in [0.15, 0.2) is 23.9 Å². The first-order valence-corrected chi connectivity index (χ1v) is 8.69. The number of methoxy groups -OCH3 is 1. The Morgan fingerprint density at radius 3 is 2.62 bits per heavy atom. The van der Waals surface area contributed by atoms with Crippen molar-refractivity contribution in [3.8, 4) is 17.2 Å². The predicted molar refractivity (Wildman–Crippen MR) is 104 cm³/mol. The van der Waals surface area contributed by atoms with Crippen molar-refractivity contribution in [2.24, 2.45) is 0 Å². The average molecular weight is 397 g/mol. The fourth-order valence-electron chi connectivity index (χ4n) is 2.62. The van der Waals surface area contributed by atoms with Crippen molar-refractivity contribution >= 4 is 29.4 Å². The number of esters is 1. The maximum atomic E-state index is 12.1. The van der Waals surface area contributed by atoms with Crippen molar-refractivity contribution in [2.45, 2.75) is 6.92 Å². The zero-order valence-electron chi connectivity index (χ0n) is 15.9. The molecule has 0 atom stereocenters. The fraction of sp³-hybridized carbons (Fsp3) is 0.190. The number of benzene rings is 2. The molecule has 1 heterocycles. The van der Waals surface area contributed by atoms with Crippen molar-refractivity contribution in [3.63, 3.8) is 0 Å². The second kappa shape index (κ2) is 8.92. The first-order valence-electron chi connectivity index (χ1n) is 8.69. The summed E-state index contributed by atoms with van der Waals surface area (Å²) in [6, 6.07) is 10.1. The van der Waals surface area contributed by atoms with Crippen LogP contribution in [0.5, 0.6) is 17.2 Å². The minimum Gasteiger partial charge on any atom is -0.497 e. The summed E-state index contributed by atoms with van der Waals surface area (Å²) < 4.78 is 20.5. The highest BCUT2D eigenvalue weighted by Crippen LogP contribution is 2.37. The van der Waals surface area contributed by atoms with Gasteiger partial charge in [-0.05, 0) is 36.8 Å². The van der Waals surface area contributed by atoms with Crippen molar-refractivity contribution < 1.29 is 33.3 Å². The molecule has 8 heteroatoms. The highest BCUT2D eigenvalue weighted by Gasteiger charge is 2.20. The maximum Gasteiger partial charge on any atom is 0.331 e. The van der Waals surface area contributed by atoms with E-state index in [2.05, 4.69) is 5.32 Å². The van der Waals surface area contributed by atoms with Crippen LogP contribution in [0.3, 0.4) is 0 Å². The fourth-order valence-corrected chi connectivity index (χ4v) is 2.62. The Hall–Kier alpha value is -3.81. The molecule has 0 spiro atoms. The van der Waals surface area contributed by atoms with Gasteiger partial charge in [-0.2, -0.15) is 0 Å². The number of nitrogens with one attached hydrogen (secondary N) is 1. The van der Waals surface area contributed by atoms with Gasteiger partial charge in [-0.1, -0.05) is 12.1 Å². The average Bonchev–Trinajstić information content (AvgIpc) is 3.17. The van der Waals surface area contributed by atoms with Crippen molar-refractivity contribution in [3.05, 3.63) is 53.6 Å². The molecule has 8 nitrogen and oxygen atoms in total. The molecule has 0 aliphatic carbocycles. The summed E-state index contributed by atoms with van der Waals surface area (Å²) in [5.41, 5.74) is 1.28. The first-order chi connectivity index (χ1) is 14.0. The number of hydrogen-bond acceptors (Lipinski definition) is 7. The lowest BCUT2D eigenvalue weighted by Crippen LogP contribution is -2.21. The number of hydrogen-bond donors (Lipinski definition) is 1. The summed E-state index contributed by atoms with van der Waals surface area (Å²) in [5, 5.41) is 2.55. The van der Waals surface area contributed by atoms with Gasteiger partial charge in [0.05, 0.1) is 12.8 Å². The molecule has 2 aromatic rings. The van der Waals surface area contributed by atoms with E-state index in [-0.39, 0.29) is 23.8 Å². The number of rotatable bonds is 7. The molecule has 1 N–H and O–H groups in total. The minimum absolute atomic E-state index is 0.0430. The highest BCUT2D eigenvalue weighted by molar-refractivity contribution is 6.05. The van der Waals surface area contributed by atoms with Crippen LogP contribution in [0.15, 0.2) is 42.5 Å². The standard InChI is InChI=1S/C21H19NO7/c1-13(23)16-9-18-19(29-12-28-18)10-17(16)22-20(24)11-27-21(25)7-6-14-4-3-5-15(8-14)26-2/h3-10H,11-12H2,1-2H3,(H,22,24)/b7-6+. The molecule has 2 aromatic carbocycles. The molecule has 0 saturated carbocycles. The molecule has 1 aliphatic heterocycles. The third-order valence-electron chi connectivity index (χ3n) is 4.02. The molecular weight excluding hydrogens is 378 g/mol. The second-order valence-electron chi connectivity index (χ2n) is 6.07. The van der Waals surface area contributed by atoms with Gasteiger partial charge < -0.3 is 24.3 Å². The van der Waals surface area contributed by atoms with Crippen LogP contribution >= 0.6 is 0 Å². The smallest absolute Gasteiger partial charge is 0.331 e. The quantitative estimate of drug-likeness (QED) is 0.436. The van der Waals surface area contributed by atoms with E-state index in [9.17, 15) is 14.4 Å². The minimum atomic E-state index is -0.680. The molecule has 0 aromatic heterocycles. The SMILES string of the molecule is COc1cccc(/C=C/C(=O)OCC(=O)Nc2cc3c(cc2C(C)=O)OCO3)c1. The lowest BCUT2D eigenvalue weighted by atomic mass is 10.1. The Morgan fingerprint density at radius 1 is 1.14 bits per heavy atom. The van der Waals surface area contributed by atoms with Crippen LogP contribution < -0.4 is 19.5 Å². The zero-order valence-corrected chi connectivity index (χ0v) is 15.9. The lowest BCUT2D eigenvalue weighted by molar-refractivity contribution is -0.142. The molecular formula is C21H19NO7. The van der Waals surface area contributed by atoms with Gasteiger partial charge in [-0.15, -0.1) is 0 Å². The number of anilines is 1. The van der Waals surface area contributed by atoms with Crippen LogP contribution in [0.1, 0.15) is 22.8 Å². The normalized spacial score (nSPS) is 11.9. The van der Waals surface area contributed by atoms with Gasteiger partial charge in [0.2, 0.25) is 6.79 Å². The van der Waals surface area contributed by atoms with Gasteiger partial charge in [0, 0.05) is 17.7 Å². The van der Waals surface area contributed by atoms with Crippen molar-refractivity contribution in [1.29, 1.82) is 0 Å². The molecule has 29 heavy (non-hydrogen) atoms. The number of amides is 1. The van der Waals surface area contributed by atoms with E-state index in [1.807, 2.05) is 0 Å². The monoisotopic (exact) mass is 397 g/mol. The molecule has 150 valence electrons. The number of fused-ring (bicyclic) bond motifs is 1. The Kier molecular flexibility index (Phi) is 6.13. The Balaban J connectivity index is 1.58. The van der Waals surface area contributed by atoms with Gasteiger partial charge in [-0.3, -0.25) is 9.59 Å². The predicted octanol–water partition coefficient (Wildman–Crippen LogP) is 2.82. The largest absolute Gasteiger partial charge is 0.497 e. The van der Waals surface area contributed by atoms with Gasteiger partial charge in [0.25, 0.3) is 5.91 Å². The lowest BCUT2D eigenvalue weighted by Gasteiger charge is -2.10. The highest BCUT2D eigenvalue weighted by atomic mass is 16.7. The molecule has 0 radical (unpaired) electrons. The van der Waals surface area contributed by atoms with E-state index in [0.717, 1.165) is 5.56 Å². The van der Waals surface area contributed by atoms with E-state index in [4.69, 9.17) is 18.9 Å². The zero-order chi connectivity index (χ0) is 20.8. The Bertz CT molecular complexity index is 981. The summed E-state index contributed by atoms with van der Waals surface area (Å²) in [4.78, 5) is 35.8. The molecule has 0 bridgehead atoms. The second-order valence-corrected chi connectivity index (χ2v) is 6.07. The van der Waals surface area contributed by atoms with Crippen molar-refractivity contribution in [2.75, 3.05) is 25.8 Å². The van der Waals surface area contributed by atoms with Gasteiger partial charge in [-0.25, -0.2) is 4.79 Å². The van der Waals surface area contributed by atoms with Crippen LogP contribution in [0.4, 0.5) is 5.69 Å². The van der Waals surface area contributed by atoms with Gasteiger partial charge in [0.1, 0.15) is 5.75 Å². The number of carbonyl (C=O) groups excluding carboxylic acids is 3.